The third kappa shape index (κ3) is 1.84. The van der Waals surface area contributed by atoms with Gasteiger partial charge >= 0.3 is 0 Å². The van der Waals surface area contributed by atoms with Crippen LogP contribution in [0.25, 0.3) is 0 Å². The number of methoxy groups -OCH3 is 1. The van der Waals surface area contributed by atoms with E-state index in [1.807, 2.05) is 0 Å². The molecule has 0 aliphatic heterocycles. The van der Waals surface area contributed by atoms with Crippen LogP contribution in [0.4, 0.5) is 0 Å². The second kappa shape index (κ2) is 3.71. The summed E-state index contributed by atoms with van der Waals surface area (Å²) in [6.07, 6.45) is 0.714. The van der Waals surface area contributed by atoms with Crippen LogP contribution in [0.3, 0.4) is 0 Å². The van der Waals surface area contributed by atoms with Crippen molar-refractivity contribution in [1.82, 2.24) is 0 Å². The number of phenolic OH excluding ortho intramolecular Hbond substituents is 1. The summed E-state index contributed by atoms with van der Waals surface area (Å²) in [4.78, 5) is 11.0. The van der Waals surface area contributed by atoms with Crippen LogP contribution >= 0.6 is 0 Å². The number of phenols is 1. The minimum Gasteiger partial charge on any atom is -0.504 e. The summed E-state index contributed by atoms with van der Waals surface area (Å²) >= 11 is 0. The van der Waals surface area contributed by atoms with Gasteiger partial charge in [0, 0.05) is 5.56 Å². The van der Waals surface area contributed by atoms with Crippen LogP contribution in [0.1, 0.15) is 10.4 Å². The topological polar surface area (TPSA) is 70.4 Å². The molecule has 0 aliphatic carbocycles. The van der Waals surface area contributed by atoms with Crippen LogP contribution in [0.5, 0.6) is 11.5 Å². The highest BCUT2D eigenvalue weighted by Crippen LogP contribution is 2.26. The number of ether oxygens (including phenoxy) is 1. The van der Waals surface area contributed by atoms with E-state index in [0.717, 1.165) is 0 Å². The van der Waals surface area contributed by atoms with Crippen molar-refractivity contribution >= 4 is 12.0 Å². The van der Waals surface area contributed by atoms with Gasteiger partial charge in [0.2, 0.25) is 5.78 Å². The normalized spacial score (nSPS) is 9.31. The number of aromatic hydroxyl groups is 1. The Labute approximate surface area is 75.3 Å². The van der Waals surface area contributed by atoms with E-state index in [-0.39, 0.29) is 11.5 Å². The van der Waals surface area contributed by atoms with Gasteiger partial charge in [0.15, 0.2) is 11.5 Å². The molecule has 0 radical (unpaired) electrons. The molecule has 0 saturated carbocycles. The first kappa shape index (κ1) is 9.25. The fourth-order valence-electron chi connectivity index (χ4n) is 0.914. The van der Waals surface area contributed by atoms with Crippen LogP contribution in [-0.2, 0) is 0 Å². The van der Waals surface area contributed by atoms with Crippen molar-refractivity contribution in [2.75, 3.05) is 7.11 Å². The molecule has 13 heavy (non-hydrogen) atoms. The maximum atomic E-state index is 11.0. The quantitative estimate of drug-likeness (QED) is 0.541. The zero-order valence-electron chi connectivity index (χ0n) is 7.07. The number of hydrogen-bond acceptors (Lipinski definition) is 4. The van der Waals surface area contributed by atoms with E-state index in [0.29, 0.717) is 11.8 Å². The van der Waals surface area contributed by atoms with Crippen molar-refractivity contribution in [1.29, 1.82) is 5.41 Å². The van der Waals surface area contributed by atoms with E-state index in [1.165, 1.54) is 25.3 Å². The highest BCUT2D eigenvalue weighted by Gasteiger charge is 2.06. The standard InChI is InChI=1S/C9H9NO3/c1-13-9-4-6(8(12)5-10)2-3-7(9)11/h2-5,10-11H,1H3. The van der Waals surface area contributed by atoms with Gasteiger partial charge in [-0.25, -0.2) is 0 Å². The second-order valence-corrected chi connectivity index (χ2v) is 2.40. The zero-order chi connectivity index (χ0) is 9.84. The Morgan fingerprint density at radius 1 is 1.62 bits per heavy atom. The predicted octanol–water partition coefficient (Wildman–Crippen LogP) is 1.23. The first-order valence-electron chi connectivity index (χ1n) is 3.61. The number of hydrogen-bond donors (Lipinski definition) is 2. The maximum Gasteiger partial charge on any atom is 0.203 e. The van der Waals surface area contributed by atoms with Gasteiger partial charge in [0.1, 0.15) is 0 Å². The number of Topliss-reactive ketones (excluding diaryl/α,β-unsaturated/α-hetero) is 1. The molecule has 0 aliphatic rings. The number of rotatable bonds is 3. The highest BCUT2D eigenvalue weighted by molar-refractivity contribution is 6.34. The summed E-state index contributed by atoms with van der Waals surface area (Å²) < 4.78 is 4.80. The average Bonchev–Trinajstić information content (AvgIpc) is 2.17. The van der Waals surface area contributed by atoms with Crippen molar-refractivity contribution in [2.45, 2.75) is 0 Å². The summed E-state index contributed by atoms with van der Waals surface area (Å²) in [5.74, 6) is -0.213. The van der Waals surface area contributed by atoms with E-state index < -0.39 is 5.78 Å². The smallest absolute Gasteiger partial charge is 0.203 e. The fraction of sp³-hybridized carbons (Fsp3) is 0.111. The van der Waals surface area contributed by atoms with Gasteiger partial charge in [0.05, 0.1) is 13.3 Å². The fourth-order valence-corrected chi connectivity index (χ4v) is 0.914. The van der Waals surface area contributed by atoms with Crippen LogP contribution in [0.2, 0.25) is 0 Å². The Kier molecular flexibility index (Phi) is 2.64. The molecule has 0 atom stereocenters. The lowest BCUT2D eigenvalue weighted by Crippen LogP contribution is -1.99. The van der Waals surface area contributed by atoms with Crippen molar-refractivity contribution in [3.05, 3.63) is 23.8 Å². The molecule has 0 aromatic heterocycles. The van der Waals surface area contributed by atoms with Gasteiger partial charge in [-0.3, -0.25) is 4.79 Å². The van der Waals surface area contributed by atoms with Crippen molar-refractivity contribution in [3.63, 3.8) is 0 Å². The molecule has 0 fully saturated rings. The summed E-state index contributed by atoms with van der Waals surface area (Å²) in [6.45, 7) is 0. The molecule has 1 aromatic rings. The summed E-state index contributed by atoms with van der Waals surface area (Å²) in [5.41, 5.74) is 0.324. The van der Waals surface area contributed by atoms with Crippen molar-refractivity contribution in [2.24, 2.45) is 0 Å². The lowest BCUT2D eigenvalue weighted by molar-refractivity contribution is 0.107. The molecule has 0 bridgehead atoms. The average molecular weight is 179 g/mol. The summed E-state index contributed by atoms with van der Waals surface area (Å²) in [7, 11) is 1.40. The number of benzene rings is 1. The molecular formula is C9H9NO3. The number of ketones is 1. The molecule has 68 valence electrons. The second-order valence-electron chi connectivity index (χ2n) is 2.40. The highest BCUT2D eigenvalue weighted by atomic mass is 16.5. The number of carbonyl (C=O) groups excluding carboxylic acids is 1. The van der Waals surface area contributed by atoms with Gasteiger partial charge in [-0.15, -0.1) is 0 Å². The van der Waals surface area contributed by atoms with Gasteiger partial charge < -0.3 is 15.3 Å². The monoisotopic (exact) mass is 179 g/mol. The van der Waals surface area contributed by atoms with Gasteiger partial charge in [-0.1, -0.05) is 0 Å². The van der Waals surface area contributed by atoms with Gasteiger partial charge in [-0.2, -0.15) is 0 Å². The third-order valence-electron chi connectivity index (χ3n) is 1.60. The Balaban J connectivity index is 3.13. The Morgan fingerprint density at radius 2 is 2.31 bits per heavy atom. The molecule has 0 heterocycles. The van der Waals surface area contributed by atoms with Gasteiger partial charge in [0.25, 0.3) is 0 Å². The van der Waals surface area contributed by atoms with Crippen LogP contribution in [0.15, 0.2) is 18.2 Å². The van der Waals surface area contributed by atoms with E-state index in [2.05, 4.69) is 0 Å². The first-order chi connectivity index (χ1) is 6.19. The largest absolute Gasteiger partial charge is 0.504 e. The summed E-state index contributed by atoms with van der Waals surface area (Å²) in [5, 5.41) is 15.9. The minimum atomic E-state index is -0.418. The lowest BCUT2D eigenvalue weighted by atomic mass is 10.1. The summed E-state index contributed by atoms with van der Waals surface area (Å²) in [6, 6.07) is 4.18. The SMILES string of the molecule is COc1cc(C(=O)C=N)ccc1O. The lowest BCUT2D eigenvalue weighted by Gasteiger charge is -2.03. The van der Waals surface area contributed by atoms with E-state index in [9.17, 15) is 9.90 Å². The Hall–Kier alpha value is -1.84. The van der Waals surface area contributed by atoms with E-state index in [1.54, 1.807) is 0 Å². The van der Waals surface area contributed by atoms with Crippen molar-refractivity contribution < 1.29 is 14.6 Å². The first-order valence-corrected chi connectivity index (χ1v) is 3.61. The minimum absolute atomic E-state index is 0.0240. The maximum absolute atomic E-state index is 11.0. The zero-order valence-corrected chi connectivity index (χ0v) is 7.07. The third-order valence-corrected chi connectivity index (χ3v) is 1.60. The molecule has 1 rings (SSSR count). The molecule has 1 aromatic carbocycles. The van der Waals surface area contributed by atoms with E-state index in [4.69, 9.17) is 10.1 Å². The number of nitrogens with one attached hydrogen (secondary N) is 1. The number of carbonyl (C=O) groups is 1. The molecule has 0 unspecified atom stereocenters. The van der Waals surface area contributed by atoms with Crippen LogP contribution in [-0.4, -0.2) is 24.2 Å². The molecule has 4 heteroatoms. The molecule has 2 N–H and O–H groups in total. The van der Waals surface area contributed by atoms with Crippen LogP contribution in [0, 0.1) is 5.41 Å². The molecule has 4 nitrogen and oxygen atoms in total. The predicted molar refractivity (Wildman–Crippen MR) is 47.8 cm³/mol. The Bertz CT molecular complexity index is 347. The van der Waals surface area contributed by atoms with Crippen LogP contribution < -0.4 is 4.74 Å². The molecular weight excluding hydrogens is 170 g/mol. The van der Waals surface area contributed by atoms with E-state index >= 15 is 0 Å². The van der Waals surface area contributed by atoms with Gasteiger partial charge in [-0.05, 0) is 18.2 Å². The Morgan fingerprint density at radius 3 is 2.85 bits per heavy atom. The molecule has 0 amide bonds. The van der Waals surface area contributed by atoms with Crippen molar-refractivity contribution in [3.8, 4) is 11.5 Å². The molecule has 0 spiro atoms. The molecule has 0 saturated heterocycles.